The number of unbranched alkanes of at least 4 members (excludes halogenated alkanes) is 2. The van der Waals surface area contributed by atoms with Crippen molar-refractivity contribution >= 4 is 45.7 Å². The molecule has 0 atom stereocenters. The Morgan fingerprint density at radius 1 is 1.07 bits per heavy atom. The Kier molecular flexibility index (Phi) is 6.13. The second-order valence-corrected chi connectivity index (χ2v) is 7.12. The topological polar surface area (TPSA) is 92.7 Å². The van der Waals surface area contributed by atoms with E-state index in [2.05, 4.69) is 5.32 Å². The molecule has 27 heavy (non-hydrogen) atoms. The molecule has 0 unspecified atom stereocenters. The number of carboxylic acids is 1. The van der Waals surface area contributed by atoms with Crippen molar-refractivity contribution in [2.45, 2.75) is 25.7 Å². The zero-order chi connectivity index (χ0) is 19.2. The number of aliphatic carboxylic acids is 1. The van der Waals surface area contributed by atoms with Crippen molar-refractivity contribution in [3.05, 3.63) is 46.9 Å². The third kappa shape index (κ3) is 4.89. The lowest BCUT2D eigenvalue weighted by molar-refractivity contribution is -0.137. The van der Waals surface area contributed by atoms with Crippen LogP contribution in [0.15, 0.2) is 41.3 Å². The molecule has 3 rings (SSSR count). The molecule has 2 N–H and O–H groups in total. The zero-order valence-electron chi connectivity index (χ0n) is 14.6. The number of amides is 2. The van der Waals surface area contributed by atoms with Crippen LogP contribution in [0.25, 0.3) is 16.8 Å². The molecular weight excluding hydrogens is 366 g/mol. The van der Waals surface area contributed by atoms with Gasteiger partial charge in [0.05, 0.1) is 11.5 Å². The van der Waals surface area contributed by atoms with Crippen LogP contribution in [0, 0.1) is 0 Å². The number of hydrogen-bond acceptors (Lipinski definition) is 5. The Labute approximate surface area is 160 Å². The van der Waals surface area contributed by atoms with Crippen LogP contribution in [0.4, 0.5) is 4.79 Å². The molecule has 1 aliphatic heterocycles. The second kappa shape index (κ2) is 8.73. The Morgan fingerprint density at radius 3 is 2.56 bits per heavy atom. The third-order valence-corrected chi connectivity index (χ3v) is 4.95. The molecule has 1 heterocycles. The van der Waals surface area contributed by atoms with Gasteiger partial charge in [0.1, 0.15) is 5.75 Å². The highest BCUT2D eigenvalue weighted by Crippen LogP contribution is 2.32. The number of fused-ring (bicyclic) bond motifs is 1. The molecule has 1 aliphatic rings. The quantitative estimate of drug-likeness (QED) is 0.523. The Morgan fingerprint density at radius 2 is 1.85 bits per heavy atom. The Hall–Kier alpha value is -2.80. The van der Waals surface area contributed by atoms with Crippen LogP contribution in [-0.4, -0.2) is 28.8 Å². The Bertz CT molecular complexity index is 922. The van der Waals surface area contributed by atoms with Gasteiger partial charge in [0.15, 0.2) is 0 Å². The van der Waals surface area contributed by atoms with Crippen LogP contribution in [0.5, 0.6) is 5.75 Å². The third-order valence-electron chi connectivity index (χ3n) is 4.14. The fourth-order valence-corrected chi connectivity index (χ4v) is 3.52. The highest BCUT2D eigenvalue weighted by Gasteiger charge is 2.25. The molecule has 0 saturated carbocycles. The summed E-state index contributed by atoms with van der Waals surface area (Å²) in [6.45, 7) is 0.511. The van der Waals surface area contributed by atoms with E-state index in [1.807, 2.05) is 36.4 Å². The van der Waals surface area contributed by atoms with Gasteiger partial charge in [0, 0.05) is 11.8 Å². The number of carbonyl (C=O) groups is 3. The average molecular weight is 385 g/mol. The van der Waals surface area contributed by atoms with Crippen molar-refractivity contribution in [3.63, 3.8) is 0 Å². The lowest BCUT2D eigenvalue weighted by atomic mass is 10.0. The van der Waals surface area contributed by atoms with Gasteiger partial charge in [0.25, 0.3) is 11.1 Å². The summed E-state index contributed by atoms with van der Waals surface area (Å²) < 4.78 is 5.88. The van der Waals surface area contributed by atoms with Gasteiger partial charge in [-0.2, -0.15) is 0 Å². The first kappa shape index (κ1) is 19.0. The number of carboxylic acid groups (broad SMARTS) is 1. The summed E-state index contributed by atoms with van der Waals surface area (Å²) in [6, 6.07) is 11.4. The molecule has 0 aliphatic carbocycles. The summed E-state index contributed by atoms with van der Waals surface area (Å²) in [5.74, 6) is -0.413. The molecule has 0 radical (unpaired) electrons. The second-order valence-electron chi connectivity index (χ2n) is 6.10. The maximum atomic E-state index is 11.8. The summed E-state index contributed by atoms with van der Waals surface area (Å²) in [7, 11) is 0. The van der Waals surface area contributed by atoms with Gasteiger partial charge in [-0.25, -0.2) is 0 Å². The van der Waals surface area contributed by atoms with Gasteiger partial charge < -0.3 is 9.84 Å². The zero-order valence-corrected chi connectivity index (χ0v) is 15.4. The first-order valence-corrected chi connectivity index (χ1v) is 9.47. The summed E-state index contributed by atoms with van der Waals surface area (Å²) >= 11 is 0.893. The first-order valence-electron chi connectivity index (χ1n) is 8.66. The van der Waals surface area contributed by atoms with E-state index in [1.54, 1.807) is 6.08 Å². The molecule has 1 saturated heterocycles. The van der Waals surface area contributed by atoms with Crippen LogP contribution < -0.4 is 10.1 Å². The van der Waals surface area contributed by atoms with E-state index in [0.29, 0.717) is 17.9 Å². The van der Waals surface area contributed by atoms with Crippen molar-refractivity contribution in [1.29, 1.82) is 0 Å². The number of carbonyl (C=O) groups excluding carboxylic acids is 2. The largest absolute Gasteiger partial charge is 0.493 e. The first-order chi connectivity index (χ1) is 13.0. The minimum atomic E-state index is -0.776. The van der Waals surface area contributed by atoms with Crippen molar-refractivity contribution in [2.24, 2.45) is 0 Å². The summed E-state index contributed by atoms with van der Waals surface area (Å²) in [6.07, 6.45) is 4.12. The molecule has 2 aromatic rings. The monoisotopic (exact) mass is 385 g/mol. The molecule has 0 spiro atoms. The van der Waals surface area contributed by atoms with E-state index < -0.39 is 5.97 Å². The number of thioether (sulfide) groups is 1. The van der Waals surface area contributed by atoms with Crippen LogP contribution >= 0.6 is 11.8 Å². The molecule has 140 valence electrons. The van der Waals surface area contributed by atoms with E-state index in [4.69, 9.17) is 9.84 Å². The van der Waals surface area contributed by atoms with Crippen LogP contribution in [0.2, 0.25) is 0 Å². The Balaban J connectivity index is 1.73. The lowest BCUT2D eigenvalue weighted by Gasteiger charge is -2.11. The molecular formula is C20H19NO5S. The molecule has 7 heteroatoms. The number of rotatable bonds is 8. The SMILES string of the molecule is O=C(O)CCCCCOc1ccc(/C=C2\SC(=O)NC2=O)c2ccccc12. The van der Waals surface area contributed by atoms with Crippen molar-refractivity contribution < 1.29 is 24.2 Å². The summed E-state index contributed by atoms with van der Waals surface area (Å²) in [4.78, 5) is 34.0. The minimum absolute atomic E-state index is 0.181. The summed E-state index contributed by atoms with van der Waals surface area (Å²) in [5.41, 5.74) is 0.840. The van der Waals surface area contributed by atoms with Gasteiger partial charge >= 0.3 is 5.97 Å². The van der Waals surface area contributed by atoms with Crippen LogP contribution in [-0.2, 0) is 9.59 Å². The van der Waals surface area contributed by atoms with Crippen molar-refractivity contribution in [1.82, 2.24) is 5.32 Å². The van der Waals surface area contributed by atoms with E-state index >= 15 is 0 Å². The predicted octanol–water partition coefficient (Wildman–Crippen LogP) is 4.19. The van der Waals surface area contributed by atoms with E-state index in [9.17, 15) is 14.4 Å². The molecule has 2 amide bonds. The average Bonchev–Trinajstić information content (AvgIpc) is 2.96. The molecule has 1 fully saturated rings. The molecule has 0 bridgehead atoms. The van der Waals surface area contributed by atoms with E-state index in [1.165, 1.54) is 0 Å². The maximum absolute atomic E-state index is 11.8. The van der Waals surface area contributed by atoms with Gasteiger partial charge in [0.2, 0.25) is 0 Å². The number of ether oxygens (including phenoxy) is 1. The number of nitrogens with one attached hydrogen (secondary N) is 1. The van der Waals surface area contributed by atoms with Gasteiger partial charge in [-0.1, -0.05) is 30.3 Å². The van der Waals surface area contributed by atoms with Gasteiger partial charge in [-0.05, 0) is 54.1 Å². The molecule has 0 aromatic heterocycles. The van der Waals surface area contributed by atoms with Gasteiger partial charge in [-0.15, -0.1) is 0 Å². The normalized spacial score (nSPS) is 15.3. The summed E-state index contributed by atoms with van der Waals surface area (Å²) in [5, 5.41) is 12.4. The maximum Gasteiger partial charge on any atom is 0.303 e. The smallest absolute Gasteiger partial charge is 0.303 e. The van der Waals surface area contributed by atoms with Crippen LogP contribution in [0.3, 0.4) is 0 Å². The molecule has 2 aromatic carbocycles. The number of imide groups is 1. The van der Waals surface area contributed by atoms with Crippen molar-refractivity contribution in [3.8, 4) is 5.75 Å². The van der Waals surface area contributed by atoms with E-state index in [-0.39, 0.29) is 17.6 Å². The number of hydrogen-bond donors (Lipinski definition) is 2. The fourth-order valence-electron chi connectivity index (χ4n) is 2.85. The minimum Gasteiger partial charge on any atom is -0.493 e. The predicted molar refractivity (Wildman–Crippen MR) is 105 cm³/mol. The number of benzene rings is 2. The highest BCUT2D eigenvalue weighted by molar-refractivity contribution is 8.18. The molecule has 6 nitrogen and oxygen atoms in total. The fraction of sp³-hybridized carbons (Fsp3) is 0.250. The van der Waals surface area contributed by atoms with Crippen LogP contribution in [0.1, 0.15) is 31.2 Å². The van der Waals surface area contributed by atoms with Gasteiger partial charge in [-0.3, -0.25) is 19.7 Å². The van der Waals surface area contributed by atoms with Crippen molar-refractivity contribution in [2.75, 3.05) is 6.61 Å². The highest BCUT2D eigenvalue weighted by atomic mass is 32.2. The van der Waals surface area contributed by atoms with E-state index in [0.717, 1.165) is 46.7 Å². The standard InChI is InChI=1S/C20H19NO5S/c22-18(23)8-2-1-5-11-26-16-10-9-13(14-6-3-4-7-15(14)16)12-17-19(24)21-20(25)27-17/h3-4,6-7,9-10,12H,1-2,5,8,11H2,(H,22,23)(H,21,24,25)/b17-12-. The lowest BCUT2D eigenvalue weighted by Crippen LogP contribution is -2.17.